The molecule has 1 aromatic heterocycles. The number of hydrogen-bond donors (Lipinski definition) is 2. The summed E-state index contributed by atoms with van der Waals surface area (Å²) in [5.74, 6) is -2.94. The summed E-state index contributed by atoms with van der Waals surface area (Å²) in [6, 6.07) is -1.77. The summed E-state index contributed by atoms with van der Waals surface area (Å²) in [5.41, 5.74) is -1.50. The van der Waals surface area contributed by atoms with E-state index in [0.717, 1.165) is 0 Å². The van der Waals surface area contributed by atoms with Gasteiger partial charge in [0.15, 0.2) is 5.78 Å². The van der Waals surface area contributed by atoms with Crippen molar-refractivity contribution in [1.82, 2.24) is 20.2 Å². The Hall–Kier alpha value is -2.88. The molecule has 2 fully saturated rings. The standard InChI is InChI=1S/C28H42N4O6/c1-8-38-26(36)22-17-9-10-28(7,37)19(17)15-32(22)25(35)23(27(4,5)6)31-24(34)18(16(2)3)13-21(33)20-14-29-11-12-30-20/h11-12,14,16-19,22-23,37H,8-10,13,15H2,1-7H3,(H,31,34)/t17-,18+,19-,22-,23+,28+/m0/s1. The number of nitrogens with one attached hydrogen (secondary N) is 1. The molecule has 2 heterocycles. The predicted octanol–water partition coefficient (Wildman–Crippen LogP) is 2.40. The number of ether oxygens (including phenoxy) is 1. The van der Waals surface area contributed by atoms with E-state index in [2.05, 4.69) is 15.3 Å². The first-order chi connectivity index (χ1) is 17.7. The molecule has 1 saturated carbocycles. The number of aliphatic hydroxyl groups is 1. The maximum Gasteiger partial charge on any atom is 0.329 e. The zero-order valence-corrected chi connectivity index (χ0v) is 23.6. The fraction of sp³-hybridized carbons (Fsp3) is 0.714. The number of hydrogen-bond acceptors (Lipinski definition) is 8. The number of rotatable bonds is 9. The van der Waals surface area contributed by atoms with Gasteiger partial charge in [0.25, 0.3) is 0 Å². The van der Waals surface area contributed by atoms with Crippen LogP contribution in [0.15, 0.2) is 18.6 Å². The average molecular weight is 531 g/mol. The molecule has 0 unspecified atom stereocenters. The number of carbonyl (C=O) groups is 4. The minimum absolute atomic E-state index is 0.0740. The molecule has 1 aromatic rings. The summed E-state index contributed by atoms with van der Waals surface area (Å²) in [6.45, 7) is 13.1. The van der Waals surface area contributed by atoms with Gasteiger partial charge in [-0.1, -0.05) is 34.6 Å². The molecule has 0 bridgehead atoms. The lowest BCUT2D eigenvalue weighted by molar-refractivity contribution is -0.156. The number of likely N-dealkylation sites (tertiary alicyclic amines) is 1. The smallest absolute Gasteiger partial charge is 0.329 e. The van der Waals surface area contributed by atoms with Crippen LogP contribution in [0.2, 0.25) is 0 Å². The first kappa shape index (κ1) is 29.7. The van der Waals surface area contributed by atoms with Crippen LogP contribution >= 0.6 is 0 Å². The minimum atomic E-state index is -0.992. The van der Waals surface area contributed by atoms with Crippen LogP contribution in [0.3, 0.4) is 0 Å². The lowest BCUT2D eigenvalue weighted by atomic mass is 9.83. The van der Waals surface area contributed by atoms with Gasteiger partial charge in [0, 0.05) is 37.2 Å². The number of nitrogens with zero attached hydrogens (tertiary/aromatic N) is 3. The zero-order valence-electron chi connectivity index (χ0n) is 23.6. The zero-order chi connectivity index (χ0) is 28.4. The molecular formula is C28H42N4O6. The van der Waals surface area contributed by atoms with Crippen molar-refractivity contribution in [3.8, 4) is 0 Å². The first-order valence-corrected chi connectivity index (χ1v) is 13.5. The average Bonchev–Trinajstić information content (AvgIpc) is 3.37. The second kappa shape index (κ2) is 11.5. The molecule has 38 heavy (non-hydrogen) atoms. The van der Waals surface area contributed by atoms with Gasteiger partial charge in [0.1, 0.15) is 17.8 Å². The van der Waals surface area contributed by atoms with Gasteiger partial charge in [-0.2, -0.15) is 0 Å². The molecule has 2 aliphatic rings. The van der Waals surface area contributed by atoms with E-state index in [-0.39, 0.29) is 48.8 Å². The second-order valence-corrected chi connectivity index (χ2v) is 12.2. The highest BCUT2D eigenvalue weighted by Gasteiger charge is 2.58. The predicted molar refractivity (Wildman–Crippen MR) is 140 cm³/mol. The Labute approximate surface area is 224 Å². The highest BCUT2D eigenvalue weighted by atomic mass is 16.5. The van der Waals surface area contributed by atoms with Crippen molar-refractivity contribution < 1.29 is 29.0 Å². The lowest BCUT2D eigenvalue weighted by Crippen LogP contribution is -2.58. The van der Waals surface area contributed by atoms with Gasteiger partial charge < -0.3 is 20.1 Å². The van der Waals surface area contributed by atoms with Crippen molar-refractivity contribution in [3.05, 3.63) is 24.3 Å². The van der Waals surface area contributed by atoms with Crippen LogP contribution in [0, 0.1) is 29.1 Å². The van der Waals surface area contributed by atoms with E-state index in [9.17, 15) is 24.3 Å². The Morgan fingerprint density at radius 3 is 2.47 bits per heavy atom. The highest BCUT2D eigenvalue weighted by molar-refractivity contribution is 5.98. The number of esters is 1. The summed E-state index contributed by atoms with van der Waals surface area (Å²) < 4.78 is 5.33. The Bertz CT molecular complexity index is 1040. The number of aromatic nitrogens is 2. The second-order valence-electron chi connectivity index (χ2n) is 12.2. The fourth-order valence-electron chi connectivity index (χ4n) is 5.77. The van der Waals surface area contributed by atoms with E-state index in [1.807, 2.05) is 34.6 Å². The molecule has 6 atom stereocenters. The van der Waals surface area contributed by atoms with Crippen LogP contribution in [-0.4, -0.2) is 74.4 Å². The van der Waals surface area contributed by atoms with Gasteiger partial charge in [-0.05, 0) is 43.9 Å². The van der Waals surface area contributed by atoms with Crippen molar-refractivity contribution in [3.63, 3.8) is 0 Å². The van der Waals surface area contributed by atoms with Crippen LogP contribution < -0.4 is 5.32 Å². The minimum Gasteiger partial charge on any atom is -0.464 e. The van der Waals surface area contributed by atoms with E-state index in [1.54, 1.807) is 13.8 Å². The van der Waals surface area contributed by atoms with Gasteiger partial charge in [-0.3, -0.25) is 19.4 Å². The van der Waals surface area contributed by atoms with Gasteiger partial charge in [-0.25, -0.2) is 9.78 Å². The number of fused-ring (bicyclic) bond motifs is 1. The van der Waals surface area contributed by atoms with Gasteiger partial charge in [0.05, 0.1) is 18.4 Å². The van der Waals surface area contributed by atoms with Crippen molar-refractivity contribution in [2.75, 3.05) is 13.2 Å². The van der Waals surface area contributed by atoms with Gasteiger partial charge in [0.2, 0.25) is 11.8 Å². The van der Waals surface area contributed by atoms with E-state index >= 15 is 0 Å². The Balaban J connectivity index is 1.85. The van der Waals surface area contributed by atoms with Crippen LogP contribution in [-0.2, 0) is 19.1 Å². The van der Waals surface area contributed by atoms with Crippen molar-refractivity contribution in [1.29, 1.82) is 0 Å². The molecule has 1 aliphatic heterocycles. The molecule has 0 aromatic carbocycles. The monoisotopic (exact) mass is 530 g/mol. The third kappa shape index (κ3) is 6.22. The third-order valence-electron chi connectivity index (χ3n) is 8.04. The molecule has 3 rings (SSSR count). The largest absolute Gasteiger partial charge is 0.464 e. The van der Waals surface area contributed by atoms with Gasteiger partial charge in [-0.15, -0.1) is 0 Å². The van der Waals surface area contributed by atoms with E-state index in [1.165, 1.54) is 23.5 Å². The molecular weight excluding hydrogens is 488 g/mol. The van der Waals surface area contributed by atoms with E-state index in [0.29, 0.717) is 12.8 Å². The molecule has 10 heteroatoms. The molecule has 10 nitrogen and oxygen atoms in total. The Morgan fingerprint density at radius 1 is 1.24 bits per heavy atom. The molecule has 1 aliphatic carbocycles. The topological polar surface area (TPSA) is 139 Å². The number of amides is 2. The van der Waals surface area contributed by atoms with Crippen molar-refractivity contribution in [2.45, 2.75) is 85.4 Å². The van der Waals surface area contributed by atoms with Crippen molar-refractivity contribution in [2.24, 2.45) is 29.1 Å². The number of Topliss-reactive ketones (excluding diaryl/α,β-unsaturated/α-hetero) is 1. The third-order valence-corrected chi connectivity index (χ3v) is 8.04. The normalized spacial score (nSPS) is 26.6. The van der Waals surface area contributed by atoms with Crippen LogP contribution in [0.1, 0.15) is 78.2 Å². The summed E-state index contributed by atoms with van der Waals surface area (Å²) in [7, 11) is 0. The van der Waals surface area contributed by atoms with Crippen molar-refractivity contribution >= 4 is 23.6 Å². The van der Waals surface area contributed by atoms with Crippen LogP contribution in [0.5, 0.6) is 0 Å². The number of ketones is 1. The Kier molecular flexibility index (Phi) is 8.96. The molecule has 0 spiro atoms. The molecule has 1 saturated heterocycles. The molecule has 210 valence electrons. The number of carbonyl (C=O) groups excluding carboxylic acids is 4. The molecule has 2 N–H and O–H groups in total. The van der Waals surface area contributed by atoms with E-state index in [4.69, 9.17) is 4.74 Å². The summed E-state index contributed by atoms with van der Waals surface area (Å²) in [6.07, 6.45) is 5.35. The molecule has 2 amide bonds. The van der Waals surface area contributed by atoms with Crippen LogP contribution in [0.4, 0.5) is 0 Å². The van der Waals surface area contributed by atoms with Crippen LogP contribution in [0.25, 0.3) is 0 Å². The quantitative estimate of drug-likeness (QED) is 0.367. The maximum absolute atomic E-state index is 14.1. The highest BCUT2D eigenvalue weighted by Crippen LogP contribution is 2.48. The SMILES string of the molecule is CCOC(=O)[C@@H]1[C@H]2CC[C@@](C)(O)[C@H]2CN1C(=O)[C@@H](NC(=O)[C@H](CC(=O)c1cnccn1)C(C)C)C(C)(C)C. The summed E-state index contributed by atoms with van der Waals surface area (Å²) in [5, 5.41) is 13.9. The Morgan fingerprint density at radius 2 is 1.92 bits per heavy atom. The summed E-state index contributed by atoms with van der Waals surface area (Å²) in [4.78, 5) is 62.9. The van der Waals surface area contributed by atoms with E-state index < -0.39 is 46.8 Å². The molecule has 0 radical (unpaired) electrons. The summed E-state index contributed by atoms with van der Waals surface area (Å²) >= 11 is 0. The lowest BCUT2D eigenvalue weighted by Gasteiger charge is -2.37. The fourth-order valence-corrected chi connectivity index (χ4v) is 5.77. The van der Waals surface area contributed by atoms with Gasteiger partial charge >= 0.3 is 5.97 Å². The maximum atomic E-state index is 14.1. The first-order valence-electron chi connectivity index (χ1n) is 13.5.